The van der Waals surface area contributed by atoms with E-state index in [4.69, 9.17) is 18.9 Å². The number of rotatable bonds is 7. The Balaban J connectivity index is 1.58. The Hall–Kier alpha value is -3.48. The molecule has 2 aromatic carbocycles. The number of fused-ring (bicyclic) bond motifs is 1. The largest absolute Gasteiger partial charge is 0.497 e. The van der Waals surface area contributed by atoms with Crippen LogP contribution in [-0.2, 0) is 14.3 Å². The van der Waals surface area contributed by atoms with Crippen molar-refractivity contribution in [2.75, 3.05) is 27.4 Å². The summed E-state index contributed by atoms with van der Waals surface area (Å²) in [4.78, 5) is 24.5. The van der Waals surface area contributed by atoms with Crippen LogP contribution in [0.2, 0.25) is 0 Å². The molecule has 0 radical (unpaired) electrons. The predicted octanol–water partition coefficient (Wildman–Crippen LogP) is 2.90. The SMILES string of the molecule is COc1ccc(OC)c(C(C)NC(=O)COC(=O)C2=Cc3ccccc3OC2)c1. The Morgan fingerprint density at radius 1 is 1.14 bits per heavy atom. The van der Waals surface area contributed by atoms with E-state index in [1.165, 1.54) is 0 Å². The fourth-order valence-electron chi connectivity index (χ4n) is 3.00. The first-order valence-electron chi connectivity index (χ1n) is 9.12. The Bertz CT molecular complexity index is 937. The molecule has 152 valence electrons. The summed E-state index contributed by atoms with van der Waals surface area (Å²) in [5, 5.41) is 2.79. The molecule has 0 fully saturated rings. The Kier molecular flexibility index (Phi) is 6.39. The molecule has 2 aromatic rings. The van der Waals surface area contributed by atoms with Crippen molar-refractivity contribution in [3.05, 3.63) is 59.2 Å². The molecule has 1 N–H and O–H groups in total. The molecule has 1 heterocycles. The van der Waals surface area contributed by atoms with Gasteiger partial charge in [0.2, 0.25) is 0 Å². The molecule has 29 heavy (non-hydrogen) atoms. The highest BCUT2D eigenvalue weighted by molar-refractivity contribution is 5.96. The molecular weight excluding hydrogens is 374 g/mol. The third-order valence-electron chi connectivity index (χ3n) is 4.51. The highest BCUT2D eigenvalue weighted by Crippen LogP contribution is 2.29. The van der Waals surface area contributed by atoms with Crippen molar-refractivity contribution in [1.29, 1.82) is 0 Å². The highest BCUT2D eigenvalue weighted by atomic mass is 16.5. The summed E-state index contributed by atoms with van der Waals surface area (Å²) in [6.07, 6.45) is 1.71. The smallest absolute Gasteiger partial charge is 0.338 e. The fraction of sp³-hybridized carbons (Fsp3) is 0.273. The highest BCUT2D eigenvalue weighted by Gasteiger charge is 2.20. The summed E-state index contributed by atoms with van der Waals surface area (Å²) in [7, 11) is 3.12. The van der Waals surface area contributed by atoms with Crippen LogP contribution in [0.15, 0.2) is 48.0 Å². The first-order valence-corrected chi connectivity index (χ1v) is 9.12. The van der Waals surface area contributed by atoms with Gasteiger partial charge in [0.1, 0.15) is 23.9 Å². The van der Waals surface area contributed by atoms with Crippen LogP contribution in [0.5, 0.6) is 17.2 Å². The third-order valence-corrected chi connectivity index (χ3v) is 4.51. The summed E-state index contributed by atoms with van der Waals surface area (Å²) in [6.45, 7) is 1.52. The number of carbonyl (C=O) groups is 2. The zero-order valence-electron chi connectivity index (χ0n) is 16.6. The van der Waals surface area contributed by atoms with E-state index in [2.05, 4.69) is 5.32 Å². The van der Waals surface area contributed by atoms with Crippen LogP contribution in [0.4, 0.5) is 0 Å². The van der Waals surface area contributed by atoms with Crippen LogP contribution < -0.4 is 19.5 Å². The average molecular weight is 397 g/mol. The second-order valence-corrected chi connectivity index (χ2v) is 6.47. The maximum atomic E-state index is 12.3. The minimum atomic E-state index is -0.582. The lowest BCUT2D eigenvalue weighted by Gasteiger charge is -2.19. The number of carbonyl (C=O) groups excluding carboxylic acids is 2. The third kappa shape index (κ3) is 4.87. The first-order chi connectivity index (χ1) is 14.0. The maximum absolute atomic E-state index is 12.3. The number of hydrogen-bond acceptors (Lipinski definition) is 6. The van der Waals surface area contributed by atoms with Gasteiger partial charge in [-0.1, -0.05) is 18.2 Å². The Morgan fingerprint density at radius 2 is 1.93 bits per heavy atom. The molecule has 1 aliphatic rings. The number of benzene rings is 2. The van der Waals surface area contributed by atoms with Gasteiger partial charge in [-0.2, -0.15) is 0 Å². The van der Waals surface area contributed by atoms with E-state index in [-0.39, 0.29) is 12.6 Å². The van der Waals surface area contributed by atoms with Crippen LogP contribution >= 0.6 is 0 Å². The Morgan fingerprint density at radius 3 is 2.69 bits per heavy atom. The van der Waals surface area contributed by atoms with Crippen molar-refractivity contribution in [3.8, 4) is 17.2 Å². The predicted molar refractivity (Wildman–Crippen MR) is 107 cm³/mol. The van der Waals surface area contributed by atoms with Crippen LogP contribution in [-0.4, -0.2) is 39.3 Å². The van der Waals surface area contributed by atoms with Gasteiger partial charge < -0.3 is 24.3 Å². The van der Waals surface area contributed by atoms with E-state index in [1.54, 1.807) is 38.5 Å². The molecule has 0 saturated heterocycles. The van der Waals surface area contributed by atoms with E-state index in [0.717, 1.165) is 11.1 Å². The lowest BCUT2D eigenvalue weighted by Crippen LogP contribution is -2.32. The van der Waals surface area contributed by atoms with E-state index < -0.39 is 18.5 Å². The standard InChI is InChI=1S/C22H23NO6/c1-14(18-11-17(26-2)8-9-20(18)27-3)23-21(24)13-29-22(25)16-10-15-6-4-5-7-19(15)28-12-16/h4-11,14H,12-13H2,1-3H3,(H,23,24). The van der Waals surface area contributed by atoms with Gasteiger partial charge in [-0.15, -0.1) is 0 Å². The van der Waals surface area contributed by atoms with E-state index >= 15 is 0 Å². The molecule has 0 spiro atoms. The first kappa shape index (κ1) is 20.3. The lowest BCUT2D eigenvalue weighted by molar-refractivity contribution is -0.145. The molecule has 3 rings (SSSR count). The topological polar surface area (TPSA) is 83.1 Å². The van der Waals surface area contributed by atoms with Gasteiger partial charge in [0.15, 0.2) is 6.61 Å². The van der Waals surface area contributed by atoms with Crippen LogP contribution in [0.25, 0.3) is 6.08 Å². The summed E-state index contributed by atoms with van der Waals surface area (Å²) >= 11 is 0. The minimum absolute atomic E-state index is 0.106. The van der Waals surface area contributed by atoms with Gasteiger partial charge in [-0.25, -0.2) is 4.79 Å². The van der Waals surface area contributed by atoms with Crippen molar-refractivity contribution in [2.24, 2.45) is 0 Å². The second kappa shape index (κ2) is 9.14. The fourth-order valence-corrected chi connectivity index (χ4v) is 3.00. The van der Waals surface area contributed by atoms with Gasteiger partial charge in [0.05, 0.1) is 25.8 Å². The average Bonchev–Trinajstić information content (AvgIpc) is 2.76. The summed E-state index contributed by atoms with van der Waals surface area (Å²) in [6, 6.07) is 12.4. The molecule has 1 unspecified atom stereocenters. The molecule has 7 heteroatoms. The molecule has 7 nitrogen and oxygen atoms in total. The summed E-state index contributed by atoms with van der Waals surface area (Å²) < 4.78 is 21.2. The van der Waals surface area contributed by atoms with Gasteiger partial charge in [-0.3, -0.25) is 4.79 Å². The molecule has 0 aromatic heterocycles. The van der Waals surface area contributed by atoms with Crippen LogP contribution in [0.3, 0.4) is 0 Å². The van der Waals surface area contributed by atoms with Crippen molar-refractivity contribution >= 4 is 18.0 Å². The van der Waals surface area contributed by atoms with E-state index in [9.17, 15) is 9.59 Å². The lowest BCUT2D eigenvalue weighted by atomic mass is 10.1. The number of ether oxygens (including phenoxy) is 4. The van der Waals surface area contributed by atoms with Crippen LogP contribution in [0.1, 0.15) is 24.1 Å². The van der Waals surface area contributed by atoms with Gasteiger partial charge in [0.25, 0.3) is 5.91 Å². The molecule has 1 aliphatic heterocycles. The number of hydrogen-bond donors (Lipinski definition) is 1. The summed E-state index contributed by atoms with van der Waals surface area (Å²) in [5.41, 5.74) is 1.92. The monoisotopic (exact) mass is 397 g/mol. The zero-order valence-corrected chi connectivity index (χ0v) is 16.6. The molecule has 0 saturated carbocycles. The quantitative estimate of drug-likeness (QED) is 0.724. The van der Waals surface area contributed by atoms with Crippen molar-refractivity contribution < 1.29 is 28.5 Å². The summed E-state index contributed by atoms with van der Waals surface area (Å²) in [5.74, 6) is 0.981. The molecular formula is C22H23NO6. The zero-order chi connectivity index (χ0) is 20.8. The Labute approximate surface area is 169 Å². The van der Waals surface area contributed by atoms with Crippen molar-refractivity contribution in [3.63, 3.8) is 0 Å². The number of para-hydroxylation sites is 1. The van der Waals surface area contributed by atoms with E-state index in [1.807, 2.05) is 31.2 Å². The minimum Gasteiger partial charge on any atom is -0.497 e. The van der Waals surface area contributed by atoms with Gasteiger partial charge in [0, 0.05) is 11.1 Å². The van der Waals surface area contributed by atoms with Crippen molar-refractivity contribution in [1.82, 2.24) is 5.32 Å². The molecule has 0 bridgehead atoms. The van der Waals surface area contributed by atoms with Crippen molar-refractivity contribution in [2.45, 2.75) is 13.0 Å². The van der Waals surface area contributed by atoms with E-state index in [0.29, 0.717) is 22.8 Å². The van der Waals surface area contributed by atoms with Gasteiger partial charge in [-0.05, 0) is 37.3 Å². The molecule has 1 atom stereocenters. The number of nitrogens with one attached hydrogen (secondary N) is 1. The molecule has 0 aliphatic carbocycles. The maximum Gasteiger partial charge on any atom is 0.338 e. The molecule has 1 amide bonds. The number of methoxy groups -OCH3 is 2. The van der Waals surface area contributed by atoms with Gasteiger partial charge >= 0.3 is 5.97 Å². The normalized spacial score (nSPS) is 13.3. The van der Waals surface area contributed by atoms with Crippen LogP contribution in [0, 0.1) is 0 Å². The number of amides is 1. The second-order valence-electron chi connectivity index (χ2n) is 6.47. The number of esters is 1.